The minimum atomic E-state index is -0.882. The monoisotopic (exact) mass is 536 g/mol. The lowest BCUT2D eigenvalue weighted by Crippen LogP contribution is -2.47. The molecule has 8 heteroatoms. The number of ether oxygens (including phenoxy) is 3. The van der Waals surface area contributed by atoms with Crippen LogP contribution in [0.1, 0.15) is 54.1 Å². The Bertz CT molecular complexity index is 1190. The Labute approximate surface area is 228 Å². The summed E-state index contributed by atoms with van der Waals surface area (Å²) in [5.41, 5.74) is 1.52. The van der Waals surface area contributed by atoms with Crippen molar-refractivity contribution < 1.29 is 23.8 Å². The second kappa shape index (κ2) is 13.3. The van der Waals surface area contributed by atoms with E-state index in [1.165, 1.54) is 17.8 Å². The Morgan fingerprint density at radius 3 is 2.29 bits per heavy atom. The molecule has 1 atom stereocenters. The lowest BCUT2D eigenvalue weighted by atomic mass is 9.94. The van der Waals surface area contributed by atoms with Crippen molar-refractivity contribution in [1.82, 2.24) is 10.2 Å². The van der Waals surface area contributed by atoms with Gasteiger partial charge in [-0.25, -0.2) is 0 Å². The Morgan fingerprint density at radius 1 is 0.947 bits per heavy atom. The average molecular weight is 537 g/mol. The average Bonchev–Trinajstić information content (AvgIpc) is 3.46. The number of nitrogens with zero attached hydrogens (tertiary/aromatic N) is 1. The van der Waals surface area contributed by atoms with Gasteiger partial charge in [-0.15, -0.1) is 11.3 Å². The maximum absolute atomic E-state index is 14.1. The van der Waals surface area contributed by atoms with E-state index in [4.69, 9.17) is 14.2 Å². The van der Waals surface area contributed by atoms with Gasteiger partial charge in [0.25, 0.3) is 0 Å². The first-order chi connectivity index (χ1) is 18.5. The zero-order valence-electron chi connectivity index (χ0n) is 22.3. The van der Waals surface area contributed by atoms with E-state index in [2.05, 4.69) is 5.32 Å². The minimum Gasteiger partial charge on any atom is -0.497 e. The van der Waals surface area contributed by atoms with Gasteiger partial charge in [-0.05, 0) is 54.1 Å². The zero-order valence-corrected chi connectivity index (χ0v) is 23.1. The first-order valence-corrected chi connectivity index (χ1v) is 13.9. The third-order valence-electron chi connectivity index (χ3n) is 6.98. The predicted molar refractivity (Wildman–Crippen MR) is 149 cm³/mol. The molecule has 7 nitrogen and oxygen atoms in total. The second-order valence-electron chi connectivity index (χ2n) is 9.48. The molecule has 1 N–H and O–H groups in total. The second-order valence-corrected chi connectivity index (χ2v) is 10.5. The number of nitrogens with one attached hydrogen (secondary N) is 1. The molecule has 1 fully saturated rings. The summed E-state index contributed by atoms with van der Waals surface area (Å²) in [5, 5.41) is 5.21. The standard InChI is InChI=1S/C30H36N2O5S/c1-35-23-13-11-21(12-14-23)20-32(28(33)19-25-10-7-17-38-25)29(30(34)31-22-8-5-4-6-9-22)26-16-15-24(36-2)18-27(26)37-3/h7,10-18,22,29H,4-6,8-9,19-20H2,1-3H3,(H,31,34)/t29-/m0/s1. The van der Waals surface area contributed by atoms with E-state index in [0.29, 0.717) is 17.1 Å². The number of hydrogen-bond donors (Lipinski definition) is 1. The molecular weight excluding hydrogens is 500 g/mol. The minimum absolute atomic E-state index is 0.0956. The van der Waals surface area contributed by atoms with E-state index in [1.54, 1.807) is 38.4 Å². The molecule has 202 valence electrons. The van der Waals surface area contributed by atoms with Crippen molar-refractivity contribution in [2.24, 2.45) is 0 Å². The summed E-state index contributed by atoms with van der Waals surface area (Å²) in [7, 11) is 4.77. The van der Waals surface area contributed by atoms with E-state index in [9.17, 15) is 9.59 Å². The van der Waals surface area contributed by atoms with Gasteiger partial charge in [0.05, 0.1) is 27.8 Å². The van der Waals surface area contributed by atoms with Crippen LogP contribution >= 0.6 is 11.3 Å². The molecule has 0 bridgehead atoms. The first kappa shape index (κ1) is 27.5. The molecule has 1 saturated carbocycles. The number of carbonyl (C=O) groups excluding carboxylic acids is 2. The lowest BCUT2D eigenvalue weighted by Gasteiger charge is -2.34. The summed E-state index contributed by atoms with van der Waals surface area (Å²) in [6, 6.07) is 16.0. The van der Waals surface area contributed by atoms with Crippen LogP contribution in [0, 0.1) is 0 Å². The molecule has 1 heterocycles. The summed E-state index contributed by atoms with van der Waals surface area (Å²) in [6.45, 7) is 0.256. The first-order valence-electron chi connectivity index (χ1n) is 13.0. The number of hydrogen-bond acceptors (Lipinski definition) is 6. The number of thiophene rings is 1. The quantitative estimate of drug-likeness (QED) is 0.348. The Morgan fingerprint density at radius 2 is 1.66 bits per heavy atom. The molecule has 0 radical (unpaired) electrons. The smallest absolute Gasteiger partial charge is 0.247 e. The van der Waals surface area contributed by atoms with Crippen LogP contribution in [0.25, 0.3) is 0 Å². The van der Waals surface area contributed by atoms with Gasteiger partial charge in [-0.2, -0.15) is 0 Å². The molecule has 1 aliphatic rings. The molecule has 1 aromatic heterocycles. The van der Waals surface area contributed by atoms with Gasteiger partial charge in [0, 0.05) is 29.1 Å². The van der Waals surface area contributed by atoms with Crippen LogP contribution < -0.4 is 19.5 Å². The summed E-state index contributed by atoms with van der Waals surface area (Å²) in [4.78, 5) is 30.6. The summed E-state index contributed by atoms with van der Waals surface area (Å²) in [5.74, 6) is 1.51. The third kappa shape index (κ3) is 6.86. The van der Waals surface area contributed by atoms with Crippen molar-refractivity contribution in [3.8, 4) is 17.2 Å². The summed E-state index contributed by atoms with van der Waals surface area (Å²) >= 11 is 1.53. The van der Waals surface area contributed by atoms with Crippen LogP contribution in [0.3, 0.4) is 0 Å². The van der Waals surface area contributed by atoms with Crippen LogP contribution in [0.2, 0.25) is 0 Å². The molecule has 38 heavy (non-hydrogen) atoms. The largest absolute Gasteiger partial charge is 0.497 e. The number of carbonyl (C=O) groups is 2. The van der Waals surface area contributed by atoms with Crippen molar-refractivity contribution in [2.45, 2.75) is 57.2 Å². The Hall–Kier alpha value is -3.52. The molecule has 0 unspecified atom stereocenters. The Kier molecular flexibility index (Phi) is 9.65. The molecule has 0 spiro atoms. The summed E-state index contributed by atoms with van der Waals surface area (Å²) in [6.07, 6.45) is 5.47. The van der Waals surface area contributed by atoms with Crippen molar-refractivity contribution in [3.05, 3.63) is 76.0 Å². The van der Waals surface area contributed by atoms with Gasteiger partial charge in [0.1, 0.15) is 23.3 Å². The maximum atomic E-state index is 14.1. The van der Waals surface area contributed by atoms with Crippen LogP contribution in [0.5, 0.6) is 17.2 Å². The molecule has 2 amide bonds. The maximum Gasteiger partial charge on any atom is 0.247 e. The number of amides is 2. The Balaban J connectivity index is 1.75. The highest BCUT2D eigenvalue weighted by molar-refractivity contribution is 7.10. The van der Waals surface area contributed by atoms with E-state index >= 15 is 0 Å². The highest BCUT2D eigenvalue weighted by atomic mass is 32.1. The highest BCUT2D eigenvalue weighted by Crippen LogP contribution is 2.35. The van der Waals surface area contributed by atoms with Crippen LogP contribution in [-0.2, 0) is 22.6 Å². The van der Waals surface area contributed by atoms with Gasteiger partial charge in [-0.3, -0.25) is 9.59 Å². The molecule has 0 aliphatic heterocycles. The highest BCUT2D eigenvalue weighted by Gasteiger charge is 2.35. The van der Waals surface area contributed by atoms with E-state index in [1.807, 2.05) is 47.8 Å². The van der Waals surface area contributed by atoms with Crippen molar-refractivity contribution >= 4 is 23.2 Å². The number of rotatable bonds is 11. The molecule has 4 rings (SSSR count). The normalized spacial score (nSPS) is 14.4. The van der Waals surface area contributed by atoms with Gasteiger partial charge < -0.3 is 24.4 Å². The fourth-order valence-corrected chi connectivity index (χ4v) is 5.63. The number of benzene rings is 2. The molecule has 1 aliphatic carbocycles. The van der Waals surface area contributed by atoms with Gasteiger partial charge in [-0.1, -0.05) is 37.5 Å². The molecule has 0 saturated heterocycles. The molecule has 2 aromatic carbocycles. The summed E-state index contributed by atoms with van der Waals surface area (Å²) < 4.78 is 16.4. The van der Waals surface area contributed by atoms with E-state index in [0.717, 1.165) is 41.9 Å². The van der Waals surface area contributed by atoms with Crippen molar-refractivity contribution in [3.63, 3.8) is 0 Å². The lowest BCUT2D eigenvalue weighted by molar-refractivity contribution is -0.141. The third-order valence-corrected chi connectivity index (χ3v) is 7.86. The zero-order chi connectivity index (χ0) is 26.9. The SMILES string of the molecule is COc1ccc(CN(C(=O)Cc2cccs2)[C@H](C(=O)NC2CCCCC2)c2ccc(OC)cc2OC)cc1. The molecular formula is C30H36N2O5S. The van der Waals surface area contributed by atoms with Crippen molar-refractivity contribution in [2.75, 3.05) is 21.3 Å². The van der Waals surface area contributed by atoms with Crippen molar-refractivity contribution in [1.29, 1.82) is 0 Å². The van der Waals surface area contributed by atoms with Gasteiger partial charge in [0.2, 0.25) is 11.8 Å². The van der Waals surface area contributed by atoms with Gasteiger partial charge >= 0.3 is 0 Å². The topological polar surface area (TPSA) is 77.1 Å². The number of methoxy groups -OCH3 is 3. The van der Waals surface area contributed by atoms with E-state index < -0.39 is 6.04 Å². The van der Waals surface area contributed by atoms with Gasteiger partial charge in [0.15, 0.2) is 0 Å². The fraction of sp³-hybridized carbons (Fsp3) is 0.400. The fourth-order valence-electron chi connectivity index (χ4n) is 4.94. The van der Waals surface area contributed by atoms with E-state index in [-0.39, 0.29) is 30.8 Å². The van der Waals surface area contributed by atoms with Crippen LogP contribution in [0.15, 0.2) is 60.0 Å². The molecule has 3 aromatic rings. The van der Waals surface area contributed by atoms with Crippen LogP contribution in [-0.4, -0.2) is 44.1 Å². The van der Waals surface area contributed by atoms with Crippen LogP contribution in [0.4, 0.5) is 0 Å². The predicted octanol–water partition coefficient (Wildman–Crippen LogP) is 5.54.